The van der Waals surface area contributed by atoms with Gasteiger partial charge in [-0.1, -0.05) is 54.5 Å². The van der Waals surface area contributed by atoms with Crippen molar-refractivity contribution in [2.75, 3.05) is 11.5 Å². The molecule has 0 radical (unpaired) electrons. The normalized spacial score (nSPS) is 15.2. The molecule has 3 aromatic carbocycles. The number of ether oxygens (including phenoxy) is 1. The van der Waals surface area contributed by atoms with Crippen molar-refractivity contribution < 1.29 is 14.3 Å². The number of rotatable bonds is 4. The van der Waals surface area contributed by atoms with Crippen LogP contribution in [-0.4, -0.2) is 17.8 Å². The lowest BCUT2D eigenvalue weighted by atomic mass is 10.0. The Morgan fingerprint density at radius 3 is 2.54 bits per heavy atom. The van der Waals surface area contributed by atoms with Crippen molar-refractivity contribution in [1.29, 1.82) is 0 Å². The molecule has 2 amide bonds. The van der Waals surface area contributed by atoms with Gasteiger partial charge in [-0.05, 0) is 46.8 Å². The minimum absolute atomic E-state index is 0.116. The number of benzene rings is 3. The quantitative estimate of drug-likeness (QED) is 0.463. The molecule has 1 aliphatic heterocycles. The van der Waals surface area contributed by atoms with E-state index in [-0.39, 0.29) is 17.8 Å². The lowest BCUT2D eigenvalue weighted by Crippen LogP contribution is -2.27. The highest BCUT2D eigenvalue weighted by Crippen LogP contribution is 2.38. The molecule has 0 aliphatic carbocycles. The highest BCUT2D eigenvalue weighted by molar-refractivity contribution is 8.19. The SMILES string of the molecule is C#CCOc1ccc2ccccc2c1/C=C1\SC(=O)N(c2ccccc2)C1=O. The first-order chi connectivity index (χ1) is 13.7. The van der Waals surface area contributed by atoms with Crippen molar-refractivity contribution >= 4 is 45.4 Å². The van der Waals surface area contributed by atoms with Crippen molar-refractivity contribution in [1.82, 2.24) is 0 Å². The van der Waals surface area contributed by atoms with Crippen LogP contribution in [0.3, 0.4) is 0 Å². The van der Waals surface area contributed by atoms with Crippen LogP contribution in [0.25, 0.3) is 16.8 Å². The van der Waals surface area contributed by atoms with Gasteiger partial charge in [0.05, 0.1) is 10.6 Å². The number of fused-ring (bicyclic) bond motifs is 1. The Bertz CT molecular complexity index is 1150. The van der Waals surface area contributed by atoms with E-state index >= 15 is 0 Å². The van der Waals surface area contributed by atoms with Crippen LogP contribution >= 0.6 is 11.8 Å². The van der Waals surface area contributed by atoms with Crippen LogP contribution in [0.4, 0.5) is 10.5 Å². The predicted molar refractivity (Wildman–Crippen MR) is 113 cm³/mol. The van der Waals surface area contributed by atoms with E-state index in [9.17, 15) is 9.59 Å². The maximum Gasteiger partial charge on any atom is 0.298 e. The number of carbonyl (C=O) groups excluding carboxylic acids is 2. The average Bonchev–Trinajstić information content (AvgIpc) is 3.01. The molecule has 0 saturated carbocycles. The van der Waals surface area contributed by atoms with Crippen molar-refractivity contribution in [3.05, 3.63) is 77.2 Å². The summed E-state index contributed by atoms with van der Waals surface area (Å²) in [5, 5.41) is 1.60. The molecule has 1 saturated heterocycles. The van der Waals surface area contributed by atoms with Gasteiger partial charge in [-0.25, -0.2) is 4.90 Å². The minimum Gasteiger partial charge on any atom is -0.480 e. The molecule has 0 aromatic heterocycles. The van der Waals surface area contributed by atoms with E-state index in [1.807, 2.05) is 42.5 Å². The van der Waals surface area contributed by atoms with E-state index < -0.39 is 0 Å². The standard InChI is InChI=1S/C23H15NO3S/c1-2-14-27-20-13-12-16-8-6-7-11-18(16)19(20)15-21-22(25)24(23(26)28-21)17-9-4-3-5-10-17/h1,3-13,15H,14H2/b21-15-. The third kappa shape index (κ3) is 3.26. The summed E-state index contributed by atoms with van der Waals surface area (Å²) >= 11 is 0.915. The molecule has 1 aliphatic rings. The van der Waals surface area contributed by atoms with Crippen LogP contribution in [-0.2, 0) is 4.79 Å². The van der Waals surface area contributed by atoms with Crippen LogP contribution in [0.2, 0.25) is 0 Å². The second-order valence-corrected chi connectivity index (χ2v) is 7.04. The summed E-state index contributed by atoms with van der Waals surface area (Å²) in [7, 11) is 0. The second-order valence-electron chi connectivity index (χ2n) is 6.04. The van der Waals surface area contributed by atoms with Gasteiger partial charge in [0, 0.05) is 5.56 Å². The fraction of sp³-hybridized carbons (Fsp3) is 0.0435. The number of amides is 2. The molecule has 1 heterocycles. The summed E-state index contributed by atoms with van der Waals surface area (Å²) in [6, 6.07) is 20.4. The molecular formula is C23H15NO3S. The molecule has 0 spiro atoms. The smallest absolute Gasteiger partial charge is 0.298 e. The van der Waals surface area contributed by atoms with Crippen molar-refractivity contribution in [3.8, 4) is 18.1 Å². The summed E-state index contributed by atoms with van der Waals surface area (Å²) in [6.07, 6.45) is 7.04. The highest BCUT2D eigenvalue weighted by atomic mass is 32.2. The largest absolute Gasteiger partial charge is 0.480 e. The van der Waals surface area contributed by atoms with Gasteiger partial charge in [0.25, 0.3) is 11.1 Å². The fourth-order valence-corrected chi connectivity index (χ4v) is 3.89. The van der Waals surface area contributed by atoms with Crippen molar-refractivity contribution in [2.45, 2.75) is 0 Å². The monoisotopic (exact) mass is 385 g/mol. The number of thioether (sulfide) groups is 1. The van der Waals surface area contributed by atoms with E-state index in [1.54, 1.807) is 30.3 Å². The van der Waals surface area contributed by atoms with Crippen LogP contribution in [0.5, 0.6) is 5.75 Å². The first-order valence-corrected chi connectivity index (χ1v) is 9.41. The Hall–Kier alpha value is -3.49. The summed E-state index contributed by atoms with van der Waals surface area (Å²) in [5.74, 6) is 2.67. The Labute approximate surface area is 166 Å². The Balaban J connectivity index is 1.80. The van der Waals surface area contributed by atoms with E-state index in [0.29, 0.717) is 16.3 Å². The molecule has 5 heteroatoms. The second kappa shape index (κ2) is 7.63. The van der Waals surface area contributed by atoms with E-state index in [2.05, 4.69) is 5.92 Å². The third-order valence-electron chi connectivity index (χ3n) is 4.33. The van der Waals surface area contributed by atoms with E-state index in [4.69, 9.17) is 11.2 Å². The number of anilines is 1. The van der Waals surface area contributed by atoms with Gasteiger partial charge in [0.1, 0.15) is 12.4 Å². The topological polar surface area (TPSA) is 46.6 Å². The molecule has 3 aromatic rings. The summed E-state index contributed by atoms with van der Waals surface area (Å²) < 4.78 is 5.68. The molecule has 1 fully saturated rings. The Kier molecular flexibility index (Phi) is 4.88. The fourth-order valence-electron chi connectivity index (χ4n) is 3.07. The van der Waals surface area contributed by atoms with Gasteiger partial charge in [-0.3, -0.25) is 9.59 Å². The molecule has 28 heavy (non-hydrogen) atoms. The van der Waals surface area contributed by atoms with E-state index in [0.717, 1.165) is 28.1 Å². The summed E-state index contributed by atoms with van der Waals surface area (Å²) in [5.41, 5.74) is 1.28. The van der Waals surface area contributed by atoms with Crippen LogP contribution in [0.15, 0.2) is 71.6 Å². The molecule has 136 valence electrons. The number of nitrogens with zero attached hydrogens (tertiary/aromatic N) is 1. The van der Waals surface area contributed by atoms with Crippen LogP contribution < -0.4 is 9.64 Å². The number of para-hydroxylation sites is 1. The van der Waals surface area contributed by atoms with Crippen molar-refractivity contribution in [2.24, 2.45) is 0 Å². The molecule has 0 atom stereocenters. The molecule has 4 rings (SSSR count). The maximum absolute atomic E-state index is 12.9. The Morgan fingerprint density at radius 1 is 1.00 bits per heavy atom. The Morgan fingerprint density at radius 2 is 1.75 bits per heavy atom. The summed E-state index contributed by atoms with van der Waals surface area (Å²) in [6.45, 7) is 0.116. The lowest BCUT2D eigenvalue weighted by molar-refractivity contribution is -0.113. The average molecular weight is 385 g/mol. The van der Waals surface area contributed by atoms with Crippen molar-refractivity contribution in [3.63, 3.8) is 0 Å². The number of imide groups is 1. The summed E-state index contributed by atoms with van der Waals surface area (Å²) in [4.78, 5) is 26.9. The highest BCUT2D eigenvalue weighted by Gasteiger charge is 2.36. The number of hydrogen-bond donors (Lipinski definition) is 0. The predicted octanol–water partition coefficient (Wildman–Crippen LogP) is 5.09. The van der Waals surface area contributed by atoms with Gasteiger partial charge in [0.15, 0.2) is 0 Å². The van der Waals surface area contributed by atoms with Gasteiger partial charge in [-0.2, -0.15) is 0 Å². The van der Waals surface area contributed by atoms with Gasteiger partial charge >= 0.3 is 0 Å². The zero-order valence-electron chi connectivity index (χ0n) is 14.8. The maximum atomic E-state index is 12.9. The minimum atomic E-state index is -0.350. The van der Waals surface area contributed by atoms with E-state index in [1.165, 1.54) is 4.90 Å². The molecule has 4 nitrogen and oxygen atoms in total. The van der Waals surface area contributed by atoms with Crippen LogP contribution in [0.1, 0.15) is 5.56 Å². The number of hydrogen-bond acceptors (Lipinski definition) is 4. The molecule has 0 unspecified atom stereocenters. The van der Waals surface area contributed by atoms with Gasteiger partial charge in [-0.15, -0.1) is 6.42 Å². The van der Waals surface area contributed by atoms with Gasteiger partial charge < -0.3 is 4.74 Å². The zero-order valence-corrected chi connectivity index (χ0v) is 15.6. The molecule has 0 N–H and O–H groups in total. The number of terminal acetylenes is 1. The zero-order chi connectivity index (χ0) is 19.5. The molecular weight excluding hydrogens is 370 g/mol. The lowest BCUT2D eigenvalue weighted by Gasteiger charge is -2.12. The van der Waals surface area contributed by atoms with Crippen LogP contribution in [0, 0.1) is 12.3 Å². The molecule has 0 bridgehead atoms. The first kappa shape index (κ1) is 17.9. The third-order valence-corrected chi connectivity index (χ3v) is 5.19. The number of carbonyl (C=O) groups is 2. The van der Waals surface area contributed by atoms with Gasteiger partial charge in [0.2, 0.25) is 0 Å². The first-order valence-electron chi connectivity index (χ1n) is 8.60.